The third-order valence-electron chi connectivity index (χ3n) is 4.77. The molecule has 0 saturated carbocycles. The highest BCUT2D eigenvalue weighted by molar-refractivity contribution is 7.99. The smallest absolute Gasteiger partial charge is 0.328 e. The second kappa shape index (κ2) is 9.73. The van der Waals surface area contributed by atoms with Gasteiger partial charge in [0.2, 0.25) is 5.91 Å². The lowest BCUT2D eigenvalue weighted by Gasteiger charge is -2.33. The largest absolute Gasteiger partial charge is 0.464 e. The van der Waals surface area contributed by atoms with Crippen molar-refractivity contribution < 1.29 is 14.3 Å². The lowest BCUT2D eigenvalue weighted by molar-refractivity contribution is -0.155. The third-order valence-corrected chi connectivity index (χ3v) is 5.72. The van der Waals surface area contributed by atoms with Crippen molar-refractivity contribution in [3.05, 3.63) is 30.3 Å². The summed E-state index contributed by atoms with van der Waals surface area (Å²) in [7, 11) is 0. The van der Waals surface area contributed by atoms with Crippen LogP contribution >= 0.6 is 11.8 Å². The maximum absolute atomic E-state index is 12.8. The summed E-state index contributed by atoms with van der Waals surface area (Å²) in [4.78, 5) is 26.7. The number of ether oxygens (including phenoxy) is 1. The normalized spacial score (nSPS) is 16.8. The molecule has 2 heterocycles. The second-order valence-corrected chi connectivity index (χ2v) is 7.50. The van der Waals surface area contributed by atoms with Crippen LogP contribution in [0, 0.1) is 0 Å². The minimum Gasteiger partial charge on any atom is -0.464 e. The van der Waals surface area contributed by atoms with Crippen molar-refractivity contribution in [2.75, 3.05) is 18.9 Å². The number of rotatable bonds is 7. The summed E-state index contributed by atoms with van der Waals surface area (Å²) in [6, 6.07) is 9.41. The maximum atomic E-state index is 12.8. The molecule has 1 saturated heterocycles. The number of likely N-dealkylation sites (tertiary alicyclic amines) is 1. The SMILES string of the molecule is CCOC(=O)[C@@H]1CCCCN1C(=O)CSc1nnc(-c2ccccc2)n1CC. The molecule has 1 aromatic heterocycles. The van der Waals surface area contributed by atoms with E-state index in [-0.39, 0.29) is 17.6 Å². The van der Waals surface area contributed by atoms with Gasteiger partial charge in [0.15, 0.2) is 11.0 Å². The molecular weight excluding hydrogens is 376 g/mol. The van der Waals surface area contributed by atoms with Crippen LogP contribution in [-0.4, -0.2) is 56.5 Å². The van der Waals surface area contributed by atoms with Crippen molar-refractivity contribution in [2.45, 2.75) is 50.9 Å². The molecule has 7 nitrogen and oxygen atoms in total. The minimum absolute atomic E-state index is 0.0605. The highest BCUT2D eigenvalue weighted by atomic mass is 32.2. The van der Waals surface area contributed by atoms with E-state index < -0.39 is 6.04 Å². The van der Waals surface area contributed by atoms with E-state index in [0.29, 0.717) is 31.3 Å². The molecule has 0 spiro atoms. The van der Waals surface area contributed by atoms with Gasteiger partial charge in [-0.25, -0.2) is 4.79 Å². The van der Waals surface area contributed by atoms with Crippen LogP contribution in [0.5, 0.6) is 0 Å². The first-order valence-corrected chi connectivity index (χ1v) is 10.7. The summed E-state index contributed by atoms with van der Waals surface area (Å²) in [6.45, 7) is 5.45. The molecule has 1 aliphatic heterocycles. The number of carbonyl (C=O) groups excluding carboxylic acids is 2. The van der Waals surface area contributed by atoms with Crippen LogP contribution in [0.2, 0.25) is 0 Å². The molecule has 0 aliphatic carbocycles. The van der Waals surface area contributed by atoms with Crippen molar-refractivity contribution in [2.24, 2.45) is 0 Å². The molecule has 3 rings (SSSR count). The van der Waals surface area contributed by atoms with E-state index in [1.54, 1.807) is 11.8 Å². The van der Waals surface area contributed by atoms with E-state index in [1.807, 2.05) is 41.8 Å². The predicted molar refractivity (Wildman–Crippen MR) is 108 cm³/mol. The Bertz CT molecular complexity index is 809. The maximum Gasteiger partial charge on any atom is 0.328 e. The number of carbonyl (C=O) groups is 2. The monoisotopic (exact) mass is 402 g/mol. The van der Waals surface area contributed by atoms with Crippen molar-refractivity contribution in [1.29, 1.82) is 0 Å². The van der Waals surface area contributed by atoms with Gasteiger partial charge >= 0.3 is 5.97 Å². The first kappa shape index (κ1) is 20.4. The Hall–Kier alpha value is -2.35. The summed E-state index contributed by atoms with van der Waals surface area (Å²) in [5, 5.41) is 9.29. The van der Waals surface area contributed by atoms with Crippen LogP contribution in [-0.2, 0) is 20.9 Å². The summed E-state index contributed by atoms with van der Waals surface area (Å²) < 4.78 is 7.15. The lowest BCUT2D eigenvalue weighted by Crippen LogP contribution is -2.49. The van der Waals surface area contributed by atoms with Gasteiger partial charge in [-0.05, 0) is 33.1 Å². The number of hydrogen-bond donors (Lipinski definition) is 0. The number of amides is 1. The van der Waals surface area contributed by atoms with Gasteiger partial charge in [0.25, 0.3) is 0 Å². The van der Waals surface area contributed by atoms with Crippen LogP contribution in [0.25, 0.3) is 11.4 Å². The molecule has 1 fully saturated rings. The van der Waals surface area contributed by atoms with Crippen LogP contribution in [0.15, 0.2) is 35.5 Å². The molecule has 0 N–H and O–H groups in total. The fourth-order valence-electron chi connectivity index (χ4n) is 3.40. The van der Waals surface area contributed by atoms with Gasteiger partial charge < -0.3 is 14.2 Å². The molecule has 0 bridgehead atoms. The summed E-state index contributed by atoms with van der Waals surface area (Å²) in [5.74, 6) is 0.654. The molecular formula is C20H26N4O3S. The van der Waals surface area contributed by atoms with Crippen molar-refractivity contribution >= 4 is 23.6 Å². The van der Waals surface area contributed by atoms with E-state index >= 15 is 0 Å². The highest BCUT2D eigenvalue weighted by Crippen LogP contribution is 2.25. The molecule has 1 atom stereocenters. The summed E-state index contributed by atoms with van der Waals surface area (Å²) >= 11 is 1.36. The fraction of sp³-hybridized carbons (Fsp3) is 0.500. The van der Waals surface area contributed by atoms with Crippen LogP contribution in [0.3, 0.4) is 0 Å². The summed E-state index contributed by atoms with van der Waals surface area (Å²) in [6.07, 6.45) is 2.51. The van der Waals surface area contributed by atoms with Gasteiger partial charge in [-0.3, -0.25) is 4.79 Å². The van der Waals surface area contributed by atoms with Gasteiger partial charge in [0, 0.05) is 18.7 Å². The number of aromatic nitrogens is 3. The number of hydrogen-bond acceptors (Lipinski definition) is 6. The Morgan fingerprint density at radius 2 is 1.96 bits per heavy atom. The quantitative estimate of drug-likeness (QED) is 0.523. The molecule has 8 heteroatoms. The zero-order valence-corrected chi connectivity index (χ0v) is 17.2. The van der Waals surface area contributed by atoms with Crippen molar-refractivity contribution in [3.63, 3.8) is 0 Å². The fourth-order valence-corrected chi connectivity index (χ4v) is 4.29. The number of piperidine rings is 1. The van der Waals surface area contributed by atoms with Gasteiger partial charge in [0.1, 0.15) is 6.04 Å². The molecule has 1 aromatic carbocycles. The highest BCUT2D eigenvalue weighted by Gasteiger charge is 2.33. The molecule has 0 radical (unpaired) electrons. The minimum atomic E-state index is -0.467. The van der Waals surface area contributed by atoms with Crippen molar-refractivity contribution in [3.8, 4) is 11.4 Å². The van der Waals surface area contributed by atoms with E-state index in [4.69, 9.17) is 4.74 Å². The van der Waals surface area contributed by atoms with Gasteiger partial charge in [-0.15, -0.1) is 10.2 Å². The zero-order valence-electron chi connectivity index (χ0n) is 16.3. The standard InChI is InChI=1S/C20H26N4O3S/c1-3-23-18(15-10-6-5-7-11-15)21-22-20(23)28-14-17(25)24-13-9-8-12-16(24)19(26)27-4-2/h5-7,10-11,16H,3-4,8-9,12-14H2,1-2H3/t16-/m0/s1. The number of esters is 1. The molecule has 1 amide bonds. The van der Waals surface area contributed by atoms with E-state index in [1.165, 1.54) is 11.8 Å². The molecule has 0 unspecified atom stereocenters. The molecule has 1 aliphatic rings. The van der Waals surface area contributed by atoms with Crippen LogP contribution < -0.4 is 0 Å². The van der Waals surface area contributed by atoms with Crippen LogP contribution in [0.1, 0.15) is 33.1 Å². The second-order valence-electron chi connectivity index (χ2n) is 6.56. The van der Waals surface area contributed by atoms with E-state index in [0.717, 1.165) is 24.2 Å². The zero-order chi connectivity index (χ0) is 19.9. The van der Waals surface area contributed by atoms with E-state index in [9.17, 15) is 9.59 Å². The first-order valence-electron chi connectivity index (χ1n) is 9.73. The molecule has 150 valence electrons. The third kappa shape index (κ3) is 4.55. The summed E-state index contributed by atoms with van der Waals surface area (Å²) in [5.41, 5.74) is 0.994. The Morgan fingerprint density at radius 3 is 2.68 bits per heavy atom. The van der Waals surface area contributed by atoms with Crippen molar-refractivity contribution in [1.82, 2.24) is 19.7 Å². The average Bonchev–Trinajstić information content (AvgIpc) is 3.15. The van der Waals surface area contributed by atoms with E-state index in [2.05, 4.69) is 10.2 Å². The lowest BCUT2D eigenvalue weighted by atomic mass is 10.0. The number of thioether (sulfide) groups is 1. The van der Waals surface area contributed by atoms with Crippen LogP contribution in [0.4, 0.5) is 0 Å². The number of benzene rings is 1. The molecule has 2 aromatic rings. The Labute approximate surface area is 169 Å². The number of nitrogens with zero attached hydrogens (tertiary/aromatic N) is 4. The van der Waals surface area contributed by atoms with Gasteiger partial charge in [-0.1, -0.05) is 42.1 Å². The predicted octanol–water partition coefficient (Wildman–Crippen LogP) is 3.00. The van der Waals surface area contributed by atoms with Gasteiger partial charge in [0.05, 0.1) is 12.4 Å². The first-order chi connectivity index (χ1) is 13.7. The Kier molecular flexibility index (Phi) is 7.08. The van der Waals surface area contributed by atoms with Gasteiger partial charge in [-0.2, -0.15) is 0 Å². The molecule has 28 heavy (non-hydrogen) atoms. The average molecular weight is 403 g/mol. The Balaban J connectivity index is 1.69. The topological polar surface area (TPSA) is 77.3 Å². The Morgan fingerprint density at radius 1 is 1.18 bits per heavy atom.